The van der Waals surface area contributed by atoms with Crippen molar-refractivity contribution in [2.75, 3.05) is 20.3 Å². The van der Waals surface area contributed by atoms with Crippen molar-refractivity contribution in [2.45, 2.75) is 39.0 Å². The number of aliphatic imine (C=N–C) groups is 1. The van der Waals surface area contributed by atoms with E-state index in [9.17, 15) is 9.59 Å². The molecule has 5 heteroatoms. The third-order valence-electron chi connectivity index (χ3n) is 5.08. The lowest BCUT2D eigenvalue weighted by Crippen LogP contribution is -2.39. The zero-order valence-electron chi connectivity index (χ0n) is 15.6. The summed E-state index contributed by atoms with van der Waals surface area (Å²) in [4.78, 5) is 30.2. The highest BCUT2D eigenvalue weighted by atomic mass is 16.6. The van der Waals surface area contributed by atoms with Gasteiger partial charge in [0.2, 0.25) is 0 Å². The summed E-state index contributed by atoms with van der Waals surface area (Å²) >= 11 is 0. The number of carbonyl (C=O) groups excluding carboxylic acids is 2. The van der Waals surface area contributed by atoms with Gasteiger partial charge in [0, 0.05) is 30.9 Å². The van der Waals surface area contributed by atoms with Crippen LogP contribution in [0, 0.1) is 12.8 Å². The number of fused-ring (bicyclic) bond motifs is 1. The van der Waals surface area contributed by atoms with Crippen LogP contribution in [-0.2, 0) is 19.1 Å². The van der Waals surface area contributed by atoms with Gasteiger partial charge < -0.3 is 9.47 Å². The highest BCUT2D eigenvalue weighted by Gasteiger charge is 2.43. The zero-order chi connectivity index (χ0) is 18.7. The molecular formula is C21H25NO4. The molecule has 1 aromatic carbocycles. The van der Waals surface area contributed by atoms with Crippen LogP contribution in [0.4, 0.5) is 0 Å². The molecule has 1 aromatic rings. The SMILES string of the molecule is COCCOC(=O)C1=C(C)N=C2CCCC(=O)C2[C@H]1c1ccc(C)cc1. The van der Waals surface area contributed by atoms with Gasteiger partial charge in [-0.2, -0.15) is 0 Å². The molecule has 26 heavy (non-hydrogen) atoms. The van der Waals surface area contributed by atoms with E-state index in [0.29, 0.717) is 24.3 Å². The number of Topliss-reactive ketones (excluding diaryl/α,β-unsaturated/α-hetero) is 1. The molecule has 3 rings (SSSR count). The molecule has 1 heterocycles. The molecule has 1 aliphatic heterocycles. The highest BCUT2D eigenvalue weighted by Crippen LogP contribution is 2.43. The maximum Gasteiger partial charge on any atom is 0.336 e. The minimum atomic E-state index is -0.411. The lowest BCUT2D eigenvalue weighted by Gasteiger charge is -2.35. The summed E-state index contributed by atoms with van der Waals surface area (Å²) in [5.41, 5.74) is 4.14. The summed E-state index contributed by atoms with van der Waals surface area (Å²) in [6, 6.07) is 8.02. The number of allylic oxidation sites excluding steroid dienone is 1. The van der Waals surface area contributed by atoms with Crippen molar-refractivity contribution < 1.29 is 19.1 Å². The van der Waals surface area contributed by atoms with Crippen LogP contribution in [0.3, 0.4) is 0 Å². The molecule has 0 N–H and O–H groups in total. The van der Waals surface area contributed by atoms with E-state index in [1.54, 1.807) is 7.11 Å². The number of nitrogens with zero attached hydrogens (tertiary/aromatic N) is 1. The number of rotatable bonds is 5. The standard InChI is InChI=1S/C21H25NO4/c1-13-7-9-15(10-8-13)19-18(21(24)26-12-11-25-3)14(2)22-16-5-4-6-17(23)20(16)19/h7-10,19-20H,4-6,11-12H2,1-3H3/t19-,20?/m0/s1. The fourth-order valence-corrected chi connectivity index (χ4v) is 3.81. The molecular weight excluding hydrogens is 330 g/mol. The maximum atomic E-state index is 12.8. The molecule has 0 amide bonds. The third-order valence-corrected chi connectivity index (χ3v) is 5.08. The van der Waals surface area contributed by atoms with E-state index < -0.39 is 5.97 Å². The monoisotopic (exact) mass is 355 g/mol. The van der Waals surface area contributed by atoms with Crippen molar-refractivity contribution in [3.63, 3.8) is 0 Å². The molecule has 1 unspecified atom stereocenters. The Morgan fingerprint density at radius 3 is 2.54 bits per heavy atom. The Labute approximate surface area is 154 Å². The van der Waals surface area contributed by atoms with Crippen molar-refractivity contribution in [3.05, 3.63) is 46.7 Å². The average Bonchev–Trinajstić information content (AvgIpc) is 2.61. The fourth-order valence-electron chi connectivity index (χ4n) is 3.81. The van der Waals surface area contributed by atoms with Crippen molar-refractivity contribution in [1.29, 1.82) is 0 Å². The molecule has 0 saturated heterocycles. The molecule has 0 bridgehead atoms. The fraction of sp³-hybridized carbons (Fsp3) is 0.476. The number of ether oxygens (including phenoxy) is 2. The highest BCUT2D eigenvalue weighted by molar-refractivity contribution is 6.11. The van der Waals surface area contributed by atoms with Crippen LogP contribution in [0.5, 0.6) is 0 Å². The van der Waals surface area contributed by atoms with Gasteiger partial charge in [0.1, 0.15) is 12.4 Å². The maximum absolute atomic E-state index is 12.8. The van der Waals surface area contributed by atoms with Crippen molar-refractivity contribution in [3.8, 4) is 0 Å². The van der Waals surface area contributed by atoms with Gasteiger partial charge in [-0.3, -0.25) is 9.79 Å². The minimum Gasteiger partial charge on any atom is -0.460 e. The normalized spacial score (nSPS) is 22.7. The van der Waals surface area contributed by atoms with Crippen LogP contribution >= 0.6 is 0 Å². The van der Waals surface area contributed by atoms with E-state index in [4.69, 9.17) is 9.47 Å². The summed E-state index contributed by atoms with van der Waals surface area (Å²) in [6.45, 7) is 4.37. The van der Waals surface area contributed by atoms with Crippen molar-refractivity contribution >= 4 is 17.5 Å². The molecule has 1 saturated carbocycles. The minimum absolute atomic E-state index is 0.162. The second kappa shape index (κ2) is 7.96. The number of benzene rings is 1. The molecule has 2 aliphatic rings. The Balaban J connectivity index is 2.03. The van der Waals surface area contributed by atoms with E-state index in [2.05, 4.69) is 4.99 Å². The Hall–Kier alpha value is -2.27. The van der Waals surface area contributed by atoms with Crippen molar-refractivity contribution in [2.24, 2.45) is 10.9 Å². The number of esters is 1. The number of hydrogen-bond acceptors (Lipinski definition) is 5. The molecule has 1 aliphatic carbocycles. The Morgan fingerprint density at radius 1 is 1.12 bits per heavy atom. The van der Waals surface area contributed by atoms with Gasteiger partial charge >= 0.3 is 5.97 Å². The zero-order valence-corrected chi connectivity index (χ0v) is 15.6. The first-order chi connectivity index (χ1) is 12.5. The molecule has 0 spiro atoms. The van der Waals surface area contributed by atoms with Crippen LogP contribution < -0.4 is 0 Å². The van der Waals surface area contributed by atoms with E-state index in [0.717, 1.165) is 29.7 Å². The van der Waals surface area contributed by atoms with E-state index in [1.807, 2.05) is 38.1 Å². The number of methoxy groups -OCH3 is 1. The predicted octanol–water partition coefficient (Wildman–Crippen LogP) is 3.37. The molecule has 0 radical (unpaired) electrons. The van der Waals surface area contributed by atoms with Gasteiger partial charge in [-0.25, -0.2) is 4.79 Å². The molecule has 2 atom stereocenters. The summed E-state index contributed by atoms with van der Waals surface area (Å²) in [6.07, 6.45) is 2.18. The Bertz CT molecular complexity index is 761. The quantitative estimate of drug-likeness (QED) is 0.600. The Kier molecular flexibility index (Phi) is 5.67. The molecule has 138 valence electrons. The molecule has 1 fully saturated rings. The number of carbonyl (C=O) groups is 2. The number of ketones is 1. The summed E-state index contributed by atoms with van der Waals surface area (Å²) in [5.74, 6) is -0.937. The first kappa shape index (κ1) is 18.5. The third kappa shape index (κ3) is 3.63. The predicted molar refractivity (Wildman–Crippen MR) is 99.2 cm³/mol. The van der Waals surface area contributed by atoms with E-state index in [-0.39, 0.29) is 24.2 Å². The summed E-state index contributed by atoms with van der Waals surface area (Å²) in [5, 5.41) is 0. The van der Waals surface area contributed by atoms with Crippen LogP contribution in [0.2, 0.25) is 0 Å². The lowest BCUT2D eigenvalue weighted by molar-refractivity contribution is -0.140. The van der Waals surface area contributed by atoms with Gasteiger partial charge in [-0.15, -0.1) is 0 Å². The lowest BCUT2D eigenvalue weighted by atomic mass is 9.69. The average molecular weight is 355 g/mol. The molecule has 0 aromatic heterocycles. The van der Waals surface area contributed by atoms with Gasteiger partial charge in [-0.05, 0) is 32.3 Å². The Morgan fingerprint density at radius 2 is 1.85 bits per heavy atom. The topological polar surface area (TPSA) is 65.0 Å². The van der Waals surface area contributed by atoms with Crippen LogP contribution in [0.15, 0.2) is 40.5 Å². The van der Waals surface area contributed by atoms with Gasteiger partial charge in [0.15, 0.2) is 0 Å². The number of aryl methyl sites for hydroxylation is 1. The van der Waals surface area contributed by atoms with Crippen molar-refractivity contribution in [1.82, 2.24) is 0 Å². The second-order valence-electron chi connectivity index (χ2n) is 6.92. The van der Waals surface area contributed by atoms with Crippen LogP contribution in [0.1, 0.15) is 43.2 Å². The van der Waals surface area contributed by atoms with E-state index in [1.165, 1.54) is 0 Å². The first-order valence-electron chi connectivity index (χ1n) is 9.06. The largest absolute Gasteiger partial charge is 0.460 e. The molecule has 5 nitrogen and oxygen atoms in total. The smallest absolute Gasteiger partial charge is 0.336 e. The summed E-state index contributed by atoms with van der Waals surface area (Å²) in [7, 11) is 1.56. The summed E-state index contributed by atoms with van der Waals surface area (Å²) < 4.78 is 10.3. The van der Waals surface area contributed by atoms with Gasteiger partial charge in [-0.1, -0.05) is 29.8 Å². The van der Waals surface area contributed by atoms with Gasteiger partial charge in [0.05, 0.1) is 18.1 Å². The first-order valence-corrected chi connectivity index (χ1v) is 9.06. The van der Waals surface area contributed by atoms with E-state index >= 15 is 0 Å². The van der Waals surface area contributed by atoms with Gasteiger partial charge in [0.25, 0.3) is 0 Å². The van der Waals surface area contributed by atoms with Crippen LogP contribution in [-0.4, -0.2) is 37.8 Å². The second-order valence-corrected chi connectivity index (χ2v) is 6.92. The van der Waals surface area contributed by atoms with Crippen LogP contribution in [0.25, 0.3) is 0 Å². The number of hydrogen-bond donors (Lipinski definition) is 0.